The van der Waals surface area contributed by atoms with E-state index >= 15 is 0 Å². The van der Waals surface area contributed by atoms with Gasteiger partial charge in [0.05, 0.1) is 6.61 Å². The molecule has 4 nitrogen and oxygen atoms in total. The fourth-order valence-electron chi connectivity index (χ4n) is 1.93. The zero-order chi connectivity index (χ0) is 12.0. The molecule has 1 rings (SSSR count). The van der Waals surface area contributed by atoms with Gasteiger partial charge in [0.25, 0.3) is 0 Å². The molecule has 0 aromatic carbocycles. The van der Waals surface area contributed by atoms with Crippen LogP contribution < -0.4 is 5.32 Å². The molecular weight excluding hydrogens is 204 g/mol. The number of nitrogens with one attached hydrogen (secondary N) is 1. The van der Waals surface area contributed by atoms with Gasteiger partial charge in [0.15, 0.2) is 0 Å². The van der Waals surface area contributed by atoms with E-state index in [1.165, 1.54) is 0 Å². The monoisotopic (exact) mass is 228 g/mol. The smallest absolute Gasteiger partial charge is 0.409 e. The van der Waals surface area contributed by atoms with E-state index in [1.807, 2.05) is 0 Å². The van der Waals surface area contributed by atoms with Crippen molar-refractivity contribution >= 4 is 6.09 Å². The third-order valence-electron chi connectivity index (χ3n) is 2.74. The molecule has 16 heavy (non-hydrogen) atoms. The van der Waals surface area contributed by atoms with Gasteiger partial charge in [-0.3, -0.25) is 0 Å². The normalized spacial score (nSPS) is 20.5. The van der Waals surface area contributed by atoms with Crippen molar-refractivity contribution in [1.82, 2.24) is 10.2 Å². The van der Waals surface area contributed by atoms with Crippen LogP contribution in [-0.4, -0.2) is 42.8 Å². The van der Waals surface area contributed by atoms with Crippen LogP contribution in [0.4, 0.5) is 4.79 Å². The van der Waals surface area contributed by atoms with Gasteiger partial charge < -0.3 is 15.0 Å². The van der Waals surface area contributed by atoms with Crippen LogP contribution in [0.5, 0.6) is 0 Å². The van der Waals surface area contributed by atoms with Gasteiger partial charge in [0.2, 0.25) is 0 Å². The molecule has 4 heteroatoms. The van der Waals surface area contributed by atoms with E-state index in [4.69, 9.17) is 4.74 Å². The summed E-state index contributed by atoms with van der Waals surface area (Å²) in [5, 5.41) is 3.44. The predicted octanol–water partition coefficient (Wildman–Crippen LogP) is 2.00. The SMILES string of the molecule is CCCCOC(=O)N1CCC(NC(C)C)C1. The summed E-state index contributed by atoms with van der Waals surface area (Å²) in [5.41, 5.74) is 0. The third kappa shape index (κ3) is 4.39. The second-order valence-corrected chi connectivity index (χ2v) is 4.72. The topological polar surface area (TPSA) is 41.6 Å². The molecule has 94 valence electrons. The van der Waals surface area contributed by atoms with E-state index in [1.54, 1.807) is 4.90 Å². The summed E-state index contributed by atoms with van der Waals surface area (Å²) in [4.78, 5) is 13.4. The number of likely N-dealkylation sites (tertiary alicyclic amines) is 1. The largest absolute Gasteiger partial charge is 0.449 e. The van der Waals surface area contributed by atoms with Gasteiger partial charge in [-0.2, -0.15) is 0 Å². The highest BCUT2D eigenvalue weighted by atomic mass is 16.6. The summed E-state index contributed by atoms with van der Waals surface area (Å²) in [6.45, 7) is 8.49. The van der Waals surface area contributed by atoms with Crippen LogP contribution in [0.15, 0.2) is 0 Å². The number of carbonyl (C=O) groups is 1. The molecule has 1 N–H and O–H groups in total. The minimum Gasteiger partial charge on any atom is -0.449 e. The van der Waals surface area contributed by atoms with Crippen LogP contribution in [0.25, 0.3) is 0 Å². The molecule has 1 aliphatic heterocycles. The highest BCUT2D eigenvalue weighted by molar-refractivity contribution is 5.68. The first-order chi connectivity index (χ1) is 7.63. The fourth-order valence-corrected chi connectivity index (χ4v) is 1.93. The Bertz CT molecular complexity index is 219. The molecule has 0 saturated carbocycles. The summed E-state index contributed by atoms with van der Waals surface area (Å²) >= 11 is 0. The molecule has 0 radical (unpaired) electrons. The number of nitrogens with zero attached hydrogens (tertiary/aromatic N) is 1. The average Bonchev–Trinajstić information content (AvgIpc) is 2.65. The Balaban J connectivity index is 2.21. The third-order valence-corrected chi connectivity index (χ3v) is 2.74. The summed E-state index contributed by atoms with van der Waals surface area (Å²) in [6, 6.07) is 0.903. The van der Waals surface area contributed by atoms with E-state index < -0.39 is 0 Å². The summed E-state index contributed by atoms with van der Waals surface area (Å²) in [6.07, 6.45) is 2.89. The van der Waals surface area contributed by atoms with Crippen LogP contribution in [0, 0.1) is 0 Å². The summed E-state index contributed by atoms with van der Waals surface area (Å²) in [5.74, 6) is 0. The first kappa shape index (κ1) is 13.3. The fraction of sp³-hybridized carbons (Fsp3) is 0.917. The average molecular weight is 228 g/mol. The number of rotatable bonds is 5. The molecule has 0 bridgehead atoms. The Morgan fingerprint density at radius 3 is 2.94 bits per heavy atom. The van der Waals surface area contributed by atoms with Gasteiger partial charge in [-0.25, -0.2) is 4.79 Å². The van der Waals surface area contributed by atoms with E-state index in [0.717, 1.165) is 32.4 Å². The van der Waals surface area contributed by atoms with E-state index in [-0.39, 0.29) is 6.09 Å². The van der Waals surface area contributed by atoms with Gasteiger partial charge in [0, 0.05) is 25.2 Å². The molecule has 0 aromatic rings. The standard InChI is InChI=1S/C12H24N2O2/c1-4-5-8-16-12(15)14-7-6-11(9-14)13-10(2)3/h10-11,13H,4-9H2,1-3H3. The molecule has 1 amide bonds. The van der Waals surface area contributed by atoms with Gasteiger partial charge in [-0.15, -0.1) is 0 Å². The van der Waals surface area contributed by atoms with Crippen LogP contribution in [-0.2, 0) is 4.74 Å². The van der Waals surface area contributed by atoms with Gasteiger partial charge in [-0.05, 0) is 12.8 Å². The maximum atomic E-state index is 11.6. The number of carbonyl (C=O) groups excluding carboxylic acids is 1. The molecule has 1 aliphatic rings. The van der Waals surface area contributed by atoms with Gasteiger partial charge >= 0.3 is 6.09 Å². The van der Waals surface area contributed by atoms with E-state index in [2.05, 4.69) is 26.1 Å². The predicted molar refractivity (Wildman–Crippen MR) is 64.5 cm³/mol. The van der Waals surface area contributed by atoms with Crippen molar-refractivity contribution in [2.75, 3.05) is 19.7 Å². The number of hydrogen-bond donors (Lipinski definition) is 1. The first-order valence-corrected chi connectivity index (χ1v) is 6.31. The quantitative estimate of drug-likeness (QED) is 0.732. The number of unbranched alkanes of at least 4 members (excludes halogenated alkanes) is 1. The Hall–Kier alpha value is -0.770. The highest BCUT2D eigenvalue weighted by Gasteiger charge is 2.27. The lowest BCUT2D eigenvalue weighted by Crippen LogP contribution is -2.38. The van der Waals surface area contributed by atoms with Crippen molar-refractivity contribution in [3.8, 4) is 0 Å². The van der Waals surface area contributed by atoms with E-state index in [0.29, 0.717) is 18.7 Å². The summed E-state index contributed by atoms with van der Waals surface area (Å²) in [7, 11) is 0. The Kier molecular flexibility index (Phi) is 5.60. The van der Waals surface area contributed by atoms with Gasteiger partial charge in [-0.1, -0.05) is 27.2 Å². The minimum atomic E-state index is -0.151. The van der Waals surface area contributed by atoms with Crippen molar-refractivity contribution in [2.45, 2.75) is 52.1 Å². The number of ether oxygens (including phenoxy) is 1. The second-order valence-electron chi connectivity index (χ2n) is 4.72. The van der Waals surface area contributed by atoms with Gasteiger partial charge in [0.1, 0.15) is 0 Å². The van der Waals surface area contributed by atoms with E-state index in [9.17, 15) is 4.79 Å². The van der Waals surface area contributed by atoms with Crippen molar-refractivity contribution < 1.29 is 9.53 Å². The van der Waals surface area contributed by atoms with Crippen LogP contribution in [0.1, 0.15) is 40.0 Å². The number of amides is 1. The van der Waals surface area contributed by atoms with Crippen molar-refractivity contribution in [3.05, 3.63) is 0 Å². The maximum Gasteiger partial charge on any atom is 0.409 e. The lowest BCUT2D eigenvalue weighted by molar-refractivity contribution is 0.108. The molecule has 0 spiro atoms. The molecule has 0 aromatic heterocycles. The van der Waals surface area contributed by atoms with Crippen molar-refractivity contribution in [1.29, 1.82) is 0 Å². The van der Waals surface area contributed by atoms with Crippen LogP contribution in [0.3, 0.4) is 0 Å². The van der Waals surface area contributed by atoms with Crippen LogP contribution in [0.2, 0.25) is 0 Å². The van der Waals surface area contributed by atoms with Crippen molar-refractivity contribution in [2.24, 2.45) is 0 Å². The Labute approximate surface area is 98.3 Å². The Morgan fingerprint density at radius 2 is 2.31 bits per heavy atom. The summed E-state index contributed by atoms with van der Waals surface area (Å²) < 4.78 is 5.18. The minimum absolute atomic E-state index is 0.151. The highest BCUT2D eigenvalue weighted by Crippen LogP contribution is 2.11. The molecular formula is C12H24N2O2. The first-order valence-electron chi connectivity index (χ1n) is 6.31. The second kappa shape index (κ2) is 6.74. The lowest BCUT2D eigenvalue weighted by Gasteiger charge is -2.18. The lowest BCUT2D eigenvalue weighted by atomic mass is 10.2. The van der Waals surface area contributed by atoms with Crippen molar-refractivity contribution in [3.63, 3.8) is 0 Å². The molecule has 1 fully saturated rings. The molecule has 1 heterocycles. The molecule has 0 aliphatic carbocycles. The number of hydrogen-bond acceptors (Lipinski definition) is 3. The Morgan fingerprint density at radius 1 is 1.56 bits per heavy atom. The maximum absolute atomic E-state index is 11.6. The molecule has 1 saturated heterocycles. The zero-order valence-electron chi connectivity index (χ0n) is 10.7. The molecule has 1 unspecified atom stereocenters. The molecule has 1 atom stereocenters. The zero-order valence-corrected chi connectivity index (χ0v) is 10.7. The van der Waals surface area contributed by atoms with Crippen LogP contribution >= 0.6 is 0 Å².